The summed E-state index contributed by atoms with van der Waals surface area (Å²) in [4.78, 5) is 0. The van der Waals surface area contributed by atoms with Crippen molar-refractivity contribution in [1.82, 2.24) is 0 Å². The molecule has 0 amide bonds. The molecule has 0 bridgehead atoms. The Labute approximate surface area is 90.3 Å². The highest BCUT2D eigenvalue weighted by Crippen LogP contribution is 2.32. The summed E-state index contributed by atoms with van der Waals surface area (Å²) in [7, 11) is 0. The Balaban J connectivity index is 3.28. The van der Waals surface area contributed by atoms with Crippen LogP contribution in [0.3, 0.4) is 0 Å². The van der Waals surface area contributed by atoms with E-state index in [-0.39, 0.29) is 12.3 Å². The Hall–Kier alpha value is -1.09. The lowest BCUT2D eigenvalue weighted by atomic mass is 10.0. The molecule has 0 saturated heterocycles. The average molecular weight is 256 g/mol. The van der Waals surface area contributed by atoms with Crippen molar-refractivity contribution in [3.8, 4) is 11.8 Å². The van der Waals surface area contributed by atoms with Crippen molar-refractivity contribution < 1.29 is 5.11 Å². The summed E-state index contributed by atoms with van der Waals surface area (Å²) in [5.74, 6) is 0.0435. The molecule has 5 heteroatoms. The molecule has 14 heavy (non-hydrogen) atoms. The summed E-state index contributed by atoms with van der Waals surface area (Å²) in [5.41, 5.74) is 12.0. The third-order valence-corrected chi connectivity index (χ3v) is 2.48. The van der Waals surface area contributed by atoms with Crippen LogP contribution in [-0.4, -0.2) is 11.7 Å². The number of nitriles is 1. The number of benzene rings is 1. The fraction of sp³-hybridized carbons (Fsp3) is 0.222. The molecule has 0 unspecified atom stereocenters. The van der Waals surface area contributed by atoms with Crippen LogP contribution in [0, 0.1) is 11.3 Å². The van der Waals surface area contributed by atoms with Crippen molar-refractivity contribution >= 4 is 15.9 Å². The number of nitrogens with two attached hydrogens (primary N) is 2. The molecular formula is C9H10BrN3O. The molecule has 0 saturated carbocycles. The van der Waals surface area contributed by atoms with E-state index < -0.39 is 6.04 Å². The molecule has 1 rings (SSSR count). The Morgan fingerprint density at radius 2 is 2.21 bits per heavy atom. The van der Waals surface area contributed by atoms with E-state index in [1.54, 1.807) is 0 Å². The fourth-order valence-corrected chi connectivity index (χ4v) is 1.57. The maximum atomic E-state index is 9.63. The number of phenolic OH excluding ortho intramolecular Hbond substituents is 1. The number of phenols is 1. The van der Waals surface area contributed by atoms with Crippen molar-refractivity contribution in [3.63, 3.8) is 0 Å². The summed E-state index contributed by atoms with van der Waals surface area (Å²) in [6.07, 6.45) is 0. The lowest BCUT2D eigenvalue weighted by Gasteiger charge is -2.12. The molecule has 0 spiro atoms. The van der Waals surface area contributed by atoms with E-state index in [9.17, 15) is 5.11 Å². The Morgan fingerprint density at radius 3 is 2.71 bits per heavy atom. The smallest absolute Gasteiger partial charge is 0.134 e. The Bertz CT molecular complexity index is 386. The van der Waals surface area contributed by atoms with Crippen LogP contribution < -0.4 is 11.5 Å². The van der Waals surface area contributed by atoms with Gasteiger partial charge in [-0.05, 0) is 28.1 Å². The van der Waals surface area contributed by atoms with E-state index in [0.29, 0.717) is 15.6 Å². The second kappa shape index (κ2) is 4.42. The first-order chi connectivity index (χ1) is 6.60. The van der Waals surface area contributed by atoms with Crippen LogP contribution in [0.5, 0.6) is 5.75 Å². The van der Waals surface area contributed by atoms with Gasteiger partial charge in [-0.2, -0.15) is 5.26 Å². The second-order valence-corrected chi connectivity index (χ2v) is 3.70. The van der Waals surface area contributed by atoms with Crippen LogP contribution in [0.25, 0.3) is 0 Å². The quantitative estimate of drug-likeness (QED) is 0.734. The second-order valence-electron chi connectivity index (χ2n) is 2.85. The minimum Gasteiger partial charge on any atom is -0.506 e. The van der Waals surface area contributed by atoms with Gasteiger partial charge in [0, 0.05) is 18.2 Å². The number of hydrogen-bond donors (Lipinski definition) is 3. The number of nitrogens with zero attached hydrogens (tertiary/aromatic N) is 1. The van der Waals surface area contributed by atoms with Gasteiger partial charge in [0.25, 0.3) is 0 Å². The van der Waals surface area contributed by atoms with E-state index in [4.69, 9.17) is 16.7 Å². The van der Waals surface area contributed by atoms with Gasteiger partial charge < -0.3 is 16.6 Å². The zero-order valence-electron chi connectivity index (χ0n) is 7.37. The Morgan fingerprint density at radius 1 is 1.57 bits per heavy atom. The molecule has 4 nitrogen and oxygen atoms in total. The number of halogens is 1. The van der Waals surface area contributed by atoms with Crippen LogP contribution in [0.15, 0.2) is 16.6 Å². The van der Waals surface area contributed by atoms with E-state index >= 15 is 0 Å². The predicted molar refractivity (Wildman–Crippen MR) is 56.5 cm³/mol. The van der Waals surface area contributed by atoms with Gasteiger partial charge in [-0.3, -0.25) is 0 Å². The summed E-state index contributed by atoms with van der Waals surface area (Å²) in [6, 6.07) is 4.59. The molecule has 0 aliphatic heterocycles. The molecule has 1 aromatic rings. The molecule has 0 heterocycles. The van der Waals surface area contributed by atoms with Crippen LogP contribution in [0.2, 0.25) is 0 Å². The van der Waals surface area contributed by atoms with Crippen molar-refractivity contribution in [2.75, 3.05) is 6.54 Å². The summed E-state index contributed by atoms with van der Waals surface area (Å²) in [6.45, 7) is 0.217. The number of hydrogen-bond acceptors (Lipinski definition) is 4. The first-order valence-electron chi connectivity index (χ1n) is 3.98. The molecule has 74 valence electrons. The van der Waals surface area contributed by atoms with Gasteiger partial charge in [0.05, 0.1) is 16.1 Å². The van der Waals surface area contributed by atoms with Crippen LogP contribution in [0.1, 0.15) is 17.2 Å². The molecule has 0 aliphatic carbocycles. The third kappa shape index (κ3) is 2.04. The van der Waals surface area contributed by atoms with Gasteiger partial charge >= 0.3 is 0 Å². The van der Waals surface area contributed by atoms with Gasteiger partial charge in [-0.25, -0.2) is 0 Å². The topological polar surface area (TPSA) is 96.1 Å². The van der Waals surface area contributed by atoms with Crippen molar-refractivity contribution in [1.29, 1.82) is 5.26 Å². The minimum atomic E-state index is -0.459. The van der Waals surface area contributed by atoms with Gasteiger partial charge in [-0.15, -0.1) is 0 Å². The van der Waals surface area contributed by atoms with Gasteiger partial charge in [0.2, 0.25) is 0 Å². The molecule has 0 aliphatic rings. The summed E-state index contributed by atoms with van der Waals surface area (Å²) < 4.78 is 0.454. The zero-order valence-corrected chi connectivity index (χ0v) is 8.95. The predicted octanol–water partition coefficient (Wildman–Crippen LogP) is 0.985. The molecular weight excluding hydrogens is 246 g/mol. The van der Waals surface area contributed by atoms with Crippen LogP contribution in [0.4, 0.5) is 0 Å². The summed E-state index contributed by atoms with van der Waals surface area (Å²) >= 11 is 3.14. The highest BCUT2D eigenvalue weighted by Gasteiger charge is 2.13. The molecule has 1 aromatic carbocycles. The molecule has 0 radical (unpaired) electrons. The molecule has 0 aromatic heterocycles. The largest absolute Gasteiger partial charge is 0.506 e. The van der Waals surface area contributed by atoms with Crippen LogP contribution >= 0.6 is 15.9 Å². The van der Waals surface area contributed by atoms with Gasteiger partial charge in [0.15, 0.2) is 0 Å². The maximum absolute atomic E-state index is 9.63. The van der Waals surface area contributed by atoms with Crippen molar-refractivity contribution in [2.45, 2.75) is 6.04 Å². The van der Waals surface area contributed by atoms with E-state index in [1.165, 1.54) is 12.1 Å². The lowest BCUT2D eigenvalue weighted by molar-refractivity contribution is 0.458. The number of rotatable bonds is 2. The normalized spacial score (nSPS) is 12.1. The van der Waals surface area contributed by atoms with Crippen molar-refractivity contribution in [3.05, 3.63) is 27.7 Å². The molecule has 1 atom stereocenters. The third-order valence-electron chi connectivity index (χ3n) is 1.88. The van der Waals surface area contributed by atoms with E-state index in [0.717, 1.165) is 0 Å². The minimum absolute atomic E-state index is 0.0435. The first kappa shape index (κ1) is 11.0. The van der Waals surface area contributed by atoms with Crippen LogP contribution in [-0.2, 0) is 0 Å². The first-order valence-corrected chi connectivity index (χ1v) is 4.77. The fourth-order valence-electron chi connectivity index (χ4n) is 1.09. The highest BCUT2D eigenvalue weighted by molar-refractivity contribution is 9.10. The lowest BCUT2D eigenvalue weighted by Crippen LogP contribution is -2.21. The average Bonchev–Trinajstić information content (AvgIpc) is 2.20. The van der Waals surface area contributed by atoms with E-state index in [1.807, 2.05) is 6.07 Å². The maximum Gasteiger partial charge on any atom is 0.134 e. The molecule has 5 N–H and O–H groups in total. The van der Waals surface area contributed by atoms with Gasteiger partial charge in [-0.1, -0.05) is 0 Å². The Kier molecular flexibility index (Phi) is 3.47. The van der Waals surface area contributed by atoms with Crippen molar-refractivity contribution in [2.24, 2.45) is 11.5 Å². The highest BCUT2D eigenvalue weighted by atomic mass is 79.9. The van der Waals surface area contributed by atoms with Gasteiger partial charge in [0.1, 0.15) is 5.75 Å². The molecule has 0 fully saturated rings. The summed E-state index contributed by atoms with van der Waals surface area (Å²) in [5, 5.41) is 18.3. The van der Waals surface area contributed by atoms with E-state index in [2.05, 4.69) is 15.9 Å². The monoisotopic (exact) mass is 255 g/mol. The zero-order chi connectivity index (χ0) is 10.7. The number of aromatic hydroxyl groups is 1. The standard InChI is InChI=1S/C9H10BrN3O/c10-7-2-5(3-11)1-6(9(7)14)8(13)4-12/h1-2,8,14H,4,12-13H2/t8-/m0/s1. The SMILES string of the molecule is N#Cc1cc(Br)c(O)c([C@@H](N)CN)c1.